The zero-order chi connectivity index (χ0) is 21.7. The molecule has 6 N–H and O–H groups in total. The molecule has 7 heteroatoms. The van der Waals surface area contributed by atoms with E-state index in [-0.39, 0.29) is 17.3 Å². The molecule has 3 aromatic carbocycles. The fourth-order valence-corrected chi connectivity index (χ4v) is 3.24. The van der Waals surface area contributed by atoms with E-state index >= 15 is 0 Å². The lowest BCUT2D eigenvalue weighted by molar-refractivity contribution is -0.121. The number of nitrogen functional groups attached to an aromatic ring is 1. The topological polar surface area (TPSA) is 128 Å². The van der Waals surface area contributed by atoms with E-state index in [2.05, 4.69) is 10.6 Å². The summed E-state index contributed by atoms with van der Waals surface area (Å²) in [6.07, 6.45) is 0. The van der Waals surface area contributed by atoms with Crippen LogP contribution in [0.1, 0.15) is 27.5 Å². The quantitative estimate of drug-likeness (QED) is 0.306. The van der Waals surface area contributed by atoms with Crippen molar-refractivity contribution in [1.82, 2.24) is 5.32 Å². The van der Waals surface area contributed by atoms with Gasteiger partial charge in [0.05, 0.1) is 5.56 Å². The molecular formula is C23H22N4O3. The maximum absolute atomic E-state index is 12.8. The summed E-state index contributed by atoms with van der Waals surface area (Å²) in [7, 11) is 1.55. The summed E-state index contributed by atoms with van der Waals surface area (Å²) < 4.78 is 0. The molecule has 0 aliphatic carbocycles. The highest BCUT2D eigenvalue weighted by molar-refractivity contribution is 5.98. The molecule has 0 bridgehead atoms. The number of carbonyl (C=O) groups is 2. The first-order chi connectivity index (χ1) is 14.4. The third-order valence-electron chi connectivity index (χ3n) is 4.73. The van der Waals surface area contributed by atoms with Crippen molar-refractivity contribution in [2.24, 2.45) is 5.73 Å². The van der Waals surface area contributed by atoms with Crippen LogP contribution in [0.4, 0.5) is 5.69 Å². The van der Waals surface area contributed by atoms with Crippen LogP contribution in [0.15, 0.2) is 72.8 Å². The van der Waals surface area contributed by atoms with Gasteiger partial charge in [-0.05, 0) is 47.0 Å². The van der Waals surface area contributed by atoms with Gasteiger partial charge in [0.2, 0.25) is 5.91 Å². The highest BCUT2D eigenvalue weighted by Gasteiger charge is 2.24. The van der Waals surface area contributed by atoms with E-state index in [0.29, 0.717) is 27.9 Å². The second-order valence-electron chi connectivity index (χ2n) is 6.62. The predicted molar refractivity (Wildman–Crippen MR) is 117 cm³/mol. The molecule has 1 amide bonds. The zero-order valence-corrected chi connectivity index (χ0v) is 16.3. The van der Waals surface area contributed by atoms with E-state index in [4.69, 9.17) is 11.1 Å². The summed E-state index contributed by atoms with van der Waals surface area (Å²) in [4.78, 5) is 24.5. The van der Waals surface area contributed by atoms with E-state index in [9.17, 15) is 14.7 Å². The van der Waals surface area contributed by atoms with Gasteiger partial charge in [-0.2, -0.15) is 0 Å². The number of hydrogen-bond acceptors (Lipinski definition) is 4. The molecule has 152 valence electrons. The molecule has 3 rings (SSSR count). The highest BCUT2D eigenvalue weighted by Crippen LogP contribution is 2.32. The molecule has 3 aromatic rings. The van der Waals surface area contributed by atoms with Gasteiger partial charge in [0, 0.05) is 18.3 Å². The lowest BCUT2D eigenvalue weighted by atomic mass is 9.91. The Labute approximate surface area is 174 Å². The molecular weight excluding hydrogens is 380 g/mol. The number of benzene rings is 3. The van der Waals surface area contributed by atoms with E-state index in [1.807, 2.05) is 0 Å². The maximum Gasteiger partial charge on any atom is 0.336 e. The van der Waals surface area contributed by atoms with Gasteiger partial charge in [0.25, 0.3) is 0 Å². The first-order valence-electron chi connectivity index (χ1n) is 9.26. The molecule has 0 aromatic heterocycles. The molecule has 0 fully saturated rings. The molecule has 0 saturated carbocycles. The first kappa shape index (κ1) is 20.6. The molecule has 0 heterocycles. The van der Waals surface area contributed by atoms with Crippen molar-refractivity contribution in [3.05, 3.63) is 89.5 Å². The Morgan fingerprint density at radius 2 is 1.53 bits per heavy atom. The molecule has 0 saturated heterocycles. The average molecular weight is 402 g/mol. The number of rotatable bonds is 7. The fraction of sp³-hybridized carbons (Fsp3) is 0.0870. The minimum Gasteiger partial charge on any atom is -0.478 e. The number of nitrogens with one attached hydrogen (secondary N) is 3. The van der Waals surface area contributed by atoms with Gasteiger partial charge in [-0.3, -0.25) is 10.2 Å². The third kappa shape index (κ3) is 4.30. The Morgan fingerprint density at radius 1 is 0.933 bits per heavy atom. The van der Waals surface area contributed by atoms with Crippen molar-refractivity contribution in [3.63, 3.8) is 0 Å². The van der Waals surface area contributed by atoms with Gasteiger partial charge in [0.1, 0.15) is 11.9 Å². The molecule has 7 nitrogen and oxygen atoms in total. The number of carbonyl (C=O) groups excluding carboxylic acids is 1. The second kappa shape index (κ2) is 8.91. The number of nitrogens with two attached hydrogens (primary N) is 1. The number of carboxylic acid groups (broad SMARTS) is 1. The maximum atomic E-state index is 12.8. The SMILES string of the molecule is CNC(=O)C(Nc1ccc(C(=N)N)cc1)c1ccccc1-c1ccccc1C(=O)O. The lowest BCUT2D eigenvalue weighted by Gasteiger charge is -2.22. The average Bonchev–Trinajstić information content (AvgIpc) is 2.77. The van der Waals surface area contributed by atoms with E-state index in [1.165, 1.54) is 6.07 Å². The molecule has 0 spiro atoms. The van der Waals surface area contributed by atoms with Crippen LogP contribution >= 0.6 is 0 Å². The summed E-state index contributed by atoms with van der Waals surface area (Å²) in [5.41, 5.74) is 8.72. The number of amidine groups is 1. The van der Waals surface area contributed by atoms with E-state index < -0.39 is 12.0 Å². The standard InChI is InChI=1S/C23H22N4O3/c1-26-22(28)20(27-15-12-10-14(11-13-15)21(24)25)18-8-4-2-6-16(18)17-7-3-5-9-19(17)23(29)30/h2-13,20,27H,1H3,(H3,24,25)(H,26,28)(H,29,30). The van der Waals surface area contributed by atoms with Crippen LogP contribution in [0.5, 0.6) is 0 Å². The molecule has 0 aliphatic heterocycles. The Bertz CT molecular complexity index is 1090. The van der Waals surface area contributed by atoms with Crippen LogP contribution in [0.2, 0.25) is 0 Å². The van der Waals surface area contributed by atoms with Crippen molar-refractivity contribution < 1.29 is 14.7 Å². The summed E-state index contributed by atoms with van der Waals surface area (Å²) in [5.74, 6) is -1.35. The third-order valence-corrected chi connectivity index (χ3v) is 4.73. The Morgan fingerprint density at radius 3 is 2.13 bits per heavy atom. The lowest BCUT2D eigenvalue weighted by Crippen LogP contribution is -2.31. The number of carboxylic acids is 1. The summed E-state index contributed by atoms with van der Waals surface area (Å²) in [6, 6.07) is 20.0. The minimum absolute atomic E-state index is 0.0416. The smallest absolute Gasteiger partial charge is 0.336 e. The van der Waals surface area contributed by atoms with Gasteiger partial charge in [-0.25, -0.2) is 4.79 Å². The van der Waals surface area contributed by atoms with Crippen LogP contribution in [0, 0.1) is 5.41 Å². The van der Waals surface area contributed by atoms with Gasteiger partial charge in [-0.1, -0.05) is 42.5 Å². The first-order valence-corrected chi connectivity index (χ1v) is 9.26. The molecule has 1 unspecified atom stereocenters. The predicted octanol–water partition coefficient (Wildman–Crippen LogP) is 3.24. The summed E-state index contributed by atoms with van der Waals surface area (Å²) >= 11 is 0. The number of aromatic carboxylic acids is 1. The Hall–Kier alpha value is -4.13. The molecule has 0 radical (unpaired) electrons. The monoisotopic (exact) mass is 402 g/mol. The van der Waals surface area contributed by atoms with E-state index in [1.54, 1.807) is 73.8 Å². The van der Waals surface area contributed by atoms with Crippen molar-refractivity contribution in [3.8, 4) is 11.1 Å². The van der Waals surface area contributed by atoms with Crippen LogP contribution in [0.3, 0.4) is 0 Å². The Kier molecular flexibility index (Phi) is 6.12. The van der Waals surface area contributed by atoms with Crippen LogP contribution in [0.25, 0.3) is 11.1 Å². The van der Waals surface area contributed by atoms with Gasteiger partial charge in [0.15, 0.2) is 0 Å². The summed E-state index contributed by atoms with van der Waals surface area (Å²) in [5, 5.41) is 23.0. The van der Waals surface area contributed by atoms with Crippen LogP contribution in [-0.4, -0.2) is 29.9 Å². The number of hydrogen-bond donors (Lipinski definition) is 5. The summed E-state index contributed by atoms with van der Waals surface area (Å²) in [6.45, 7) is 0. The van der Waals surface area contributed by atoms with Gasteiger partial charge in [-0.15, -0.1) is 0 Å². The van der Waals surface area contributed by atoms with Crippen molar-refractivity contribution in [2.45, 2.75) is 6.04 Å². The molecule has 0 aliphatic rings. The van der Waals surface area contributed by atoms with Crippen molar-refractivity contribution in [1.29, 1.82) is 5.41 Å². The Balaban J connectivity index is 2.07. The largest absolute Gasteiger partial charge is 0.478 e. The van der Waals surface area contributed by atoms with Crippen LogP contribution in [-0.2, 0) is 4.79 Å². The van der Waals surface area contributed by atoms with Crippen LogP contribution < -0.4 is 16.4 Å². The van der Waals surface area contributed by atoms with Gasteiger partial charge >= 0.3 is 5.97 Å². The number of anilines is 1. The number of likely N-dealkylation sites (N-methyl/N-ethyl adjacent to an activating group) is 1. The molecule has 30 heavy (non-hydrogen) atoms. The molecule has 1 atom stereocenters. The minimum atomic E-state index is -1.04. The second-order valence-corrected chi connectivity index (χ2v) is 6.62. The van der Waals surface area contributed by atoms with Crippen molar-refractivity contribution in [2.75, 3.05) is 12.4 Å². The van der Waals surface area contributed by atoms with Gasteiger partial charge < -0.3 is 21.5 Å². The zero-order valence-electron chi connectivity index (χ0n) is 16.3. The normalized spacial score (nSPS) is 11.4. The highest BCUT2D eigenvalue weighted by atomic mass is 16.4. The van der Waals surface area contributed by atoms with E-state index in [0.717, 1.165) is 0 Å². The van der Waals surface area contributed by atoms with Crippen molar-refractivity contribution >= 4 is 23.4 Å². The number of amides is 1. The fourth-order valence-electron chi connectivity index (χ4n) is 3.24.